The highest BCUT2D eigenvalue weighted by Crippen LogP contribution is 2.26. The Morgan fingerprint density at radius 3 is 2.56 bits per heavy atom. The van der Waals surface area contributed by atoms with Gasteiger partial charge in [0.15, 0.2) is 5.82 Å². The Bertz CT molecular complexity index is 497. The SMILES string of the molecule is CC(C)(C)c1ccnn1-c1ncccc1Br. The van der Waals surface area contributed by atoms with Gasteiger partial charge in [-0.2, -0.15) is 5.10 Å². The monoisotopic (exact) mass is 279 g/mol. The maximum atomic E-state index is 4.35. The molecular formula is C12H14BrN3. The first-order valence-electron chi connectivity index (χ1n) is 5.15. The van der Waals surface area contributed by atoms with E-state index in [-0.39, 0.29) is 5.41 Å². The van der Waals surface area contributed by atoms with Crippen molar-refractivity contribution in [3.05, 3.63) is 40.8 Å². The molecule has 0 bridgehead atoms. The number of hydrogen-bond acceptors (Lipinski definition) is 2. The van der Waals surface area contributed by atoms with E-state index >= 15 is 0 Å². The number of nitrogens with zero attached hydrogens (tertiary/aromatic N) is 3. The number of rotatable bonds is 1. The molecule has 2 rings (SSSR count). The summed E-state index contributed by atoms with van der Waals surface area (Å²) in [4.78, 5) is 4.35. The molecule has 16 heavy (non-hydrogen) atoms. The Labute approximate surface area is 104 Å². The molecule has 0 aliphatic carbocycles. The van der Waals surface area contributed by atoms with Crippen LogP contribution in [0.25, 0.3) is 5.82 Å². The predicted octanol–water partition coefficient (Wildman–Crippen LogP) is 3.33. The Morgan fingerprint density at radius 2 is 1.94 bits per heavy atom. The lowest BCUT2D eigenvalue weighted by molar-refractivity contribution is 0.540. The lowest BCUT2D eigenvalue weighted by Crippen LogP contribution is -2.18. The third-order valence-corrected chi connectivity index (χ3v) is 2.97. The second kappa shape index (κ2) is 4.01. The Kier molecular flexibility index (Phi) is 2.84. The molecule has 0 saturated carbocycles. The summed E-state index contributed by atoms with van der Waals surface area (Å²) in [6.45, 7) is 6.49. The Morgan fingerprint density at radius 1 is 1.19 bits per heavy atom. The third kappa shape index (κ3) is 2.02. The summed E-state index contributed by atoms with van der Waals surface area (Å²) in [5.41, 5.74) is 1.19. The molecule has 2 heterocycles. The van der Waals surface area contributed by atoms with E-state index in [0.717, 1.165) is 16.0 Å². The van der Waals surface area contributed by atoms with Crippen LogP contribution < -0.4 is 0 Å². The summed E-state index contributed by atoms with van der Waals surface area (Å²) in [6.07, 6.45) is 3.58. The van der Waals surface area contributed by atoms with Gasteiger partial charge in [0, 0.05) is 17.8 Å². The van der Waals surface area contributed by atoms with Crippen LogP contribution >= 0.6 is 15.9 Å². The van der Waals surface area contributed by atoms with Crippen molar-refractivity contribution >= 4 is 15.9 Å². The van der Waals surface area contributed by atoms with Crippen molar-refractivity contribution in [2.45, 2.75) is 26.2 Å². The first-order valence-corrected chi connectivity index (χ1v) is 5.95. The van der Waals surface area contributed by atoms with Gasteiger partial charge in [0.25, 0.3) is 0 Å². The van der Waals surface area contributed by atoms with Crippen molar-refractivity contribution in [2.24, 2.45) is 0 Å². The second-order valence-electron chi connectivity index (χ2n) is 4.69. The minimum Gasteiger partial charge on any atom is -0.236 e. The van der Waals surface area contributed by atoms with Crippen LogP contribution in [0.3, 0.4) is 0 Å². The standard InChI is InChI=1S/C12H14BrN3/c1-12(2,3)10-6-8-15-16(10)11-9(13)5-4-7-14-11/h4-8H,1-3H3. The van der Waals surface area contributed by atoms with E-state index in [1.807, 2.05) is 29.1 Å². The average Bonchev–Trinajstić information content (AvgIpc) is 2.66. The van der Waals surface area contributed by atoms with E-state index in [1.165, 1.54) is 0 Å². The van der Waals surface area contributed by atoms with Crippen LogP contribution in [0.2, 0.25) is 0 Å². The number of aromatic nitrogens is 3. The molecule has 0 N–H and O–H groups in total. The van der Waals surface area contributed by atoms with E-state index < -0.39 is 0 Å². The second-order valence-corrected chi connectivity index (χ2v) is 5.54. The molecule has 2 aromatic heterocycles. The fourth-order valence-corrected chi connectivity index (χ4v) is 2.00. The smallest absolute Gasteiger partial charge is 0.167 e. The van der Waals surface area contributed by atoms with E-state index in [9.17, 15) is 0 Å². The van der Waals surface area contributed by atoms with E-state index in [0.29, 0.717) is 0 Å². The number of pyridine rings is 1. The van der Waals surface area contributed by atoms with Crippen LogP contribution in [-0.4, -0.2) is 14.8 Å². The molecule has 0 amide bonds. The third-order valence-electron chi connectivity index (χ3n) is 2.35. The van der Waals surface area contributed by atoms with Crippen molar-refractivity contribution in [2.75, 3.05) is 0 Å². The summed E-state index contributed by atoms with van der Waals surface area (Å²) < 4.78 is 2.83. The van der Waals surface area contributed by atoms with Gasteiger partial charge >= 0.3 is 0 Å². The molecule has 0 radical (unpaired) electrons. The van der Waals surface area contributed by atoms with Crippen LogP contribution in [0.15, 0.2) is 35.1 Å². The van der Waals surface area contributed by atoms with Crippen LogP contribution in [0.5, 0.6) is 0 Å². The number of hydrogen-bond donors (Lipinski definition) is 0. The fraction of sp³-hybridized carbons (Fsp3) is 0.333. The minimum atomic E-state index is 0.0491. The van der Waals surface area contributed by atoms with Crippen LogP contribution in [0.1, 0.15) is 26.5 Å². The van der Waals surface area contributed by atoms with Crippen molar-refractivity contribution in [1.82, 2.24) is 14.8 Å². The quantitative estimate of drug-likeness (QED) is 0.802. The molecule has 0 aliphatic rings. The first-order chi connectivity index (χ1) is 7.50. The highest BCUT2D eigenvalue weighted by molar-refractivity contribution is 9.10. The van der Waals surface area contributed by atoms with Crippen molar-refractivity contribution < 1.29 is 0 Å². The van der Waals surface area contributed by atoms with Gasteiger partial charge in [-0.3, -0.25) is 0 Å². The molecule has 2 aromatic rings. The molecule has 3 nitrogen and oxygen atoms in total. The summed E-state index contributed by atoms with van der Waals surface area (Å²) in [5, 5.41) is 4.34. The Balaban J connectivity index is 2.58. The molecule has 0 fully saturated rings. The zero-order valence-corrected chi connectivity index (χ0v) is 11.2. The molecule has 4 heteroatoms. The highest BCUT2D eigenvalue weighted by atomic mass is 79.9. The maximum absolute atomic E-state index is 4.35. The number of halogens is 1. The van der Waals surface area contributed by atoms with Gasteiger partial charge in [0.1, 0.15) is 0 Å². The van der Waals surface area contributed by atoms with Gasteiger partial charge in [-0.05, 0) is 34.1 Å². The normalized spacial score (nSPS) is 11.8. The predicted molar refractivity (Wildman–Crippen MR) is 67.8 cm³/mol. The topological polar surface area (TPSA) is 30.7 Å². The van der Waals surface area contributed by atoms with E-state index in [2.05, 4.69) is 46.8 Å². The van der Waals surface area contributed by atoms with E-state index in [1.54, 1.807) is 6.20 Å². The molecule has 0 aliphatic heterocycles. The molecule has 84 valence electrons. The van der Waals surface area contributed by atoms with E-state index in [4.69, 9.17) is 0 Å². The zero-order valence-electron chi connectivity index (χ0n) is 9.61. The lowest BCUT2D eigenvalue weighted by Gasteiger charge is -2.20. The molecule has 0 aromatic carbocycles. The summed E-state index contributed by atoms with van der Waals surface area (Å²) >= 11 is 3.50. The largest absolute Gasteiger partial charge is 0.236 e. The van der Waals surface area contributed by atoms with Crippen LogP contribution in [0, 0.1) is 0 Å². The van der Waals surface area contributed by atoms with Crippen LogP contribution in [0.4, 0.5) is 0 Å². The minimum absolute atomic E-state index is 0.0491. The molecule has 0 atom stereocenters. The summed E-state index contributed by atoms with van der Waals surface area (Å²) in [6, 6.07) is 5.89. The van der Waals surface area contributed by atoms with Gasteiger partial charge in [-0.25, -0.2) is 9.67 Å². The first kappa shape index (κ1) is 11.3. The molecular weight excluding hydrogens is 266 g/mol. The summed E-state index contributed by atoms with van der Waals surface area (Å²) in [7, 11) is 0. The summed E-state index contributed by atoms with van der Waals surface area (Å²) in [5.74, 6) is 0.831. The zero-order chi connectivity index (χ0) is 11.8. The van der Waals surface area contributed by atoms with Gasteiger partial charge < -0.3 is 0 Å². The maximum Gasteiger partial charge on any atom is 0.167 e. The van der Waals surface area contributed by atoms with Crippen LogP contribution in [-0.2, 0) is 5.41 Å². The average molecular weight is 280 g/mol. The van der Waals surface area contributed by atoms with Gasteiger partial charge in [-0.1, -0.05) is 20.8 Å². The van der Waals surface area contributed by atoms with Gasteiger partial charge in [0.05, 0.1) is 10.2 Å². The molecule has 0 saturated heterocycles. The Hall–Kier alpha value is -1.16. The van der Waals surface area contributed by atoms with Gasteiger partial charge in [-0.15, -0.1) is 0 Å². The van der Waals surface area contributed by atoms with Gasteiger partial charge in [0.2, 0.25) is 0 Å². The highest BCUT2D eigenvalue weighted by Gasteiger charge is 2.20. The molecule has 0 unspecified atom stereocenters. The van der Waals surface area contributed by atoms with Crippen molar-refractivity contribution in [3.63, 3.8) is 0 Å². The lowest BCUT2D eigenvalue weighted by atomic mass is 9.92. The van der Waals surface area contributed by atoms with Crippen molar-refractivity contribution in [3.8, 4) is 5.82 Å². The van der Waals surface area contributed by atoms with Crippen molar-refractivity contribution in [1.29, 1.82) is 0 Å². The fourth-order valence-electron chi connectivity index (χ4n) is 1.57. The molecule has 0 spiro atoms.